The van der Waals surface area contributed by atoms with Crippen molar-refractivity contribution in [2.45, 2.75) is 49.4 Å². The molecule has 0 N–H and O–H groups in total. The van der Waals surface area contributed by atoms with E-state index in [9.17, 15) is 17.6 Å². The summed E-state index contributed by atoms with van der Waals surface area (Å²) in [4.78, 5) is 19.2. The minimum absolute atomic E-state index is 0.0124. The Kier molecular flexibility index (Phi) is 6.48. The Morgan fingerprint density at radius 1 is 1.19 bits per heavy atom. The van der Waals surface area contributed by atoms with E-state index in [1.165, 1.54) is 23.5 Å². The topological polar surface area (TPSA) is 76.6 Å². The smallest absolute Gasteiger partial charge is 0.274 e. The molecule has 0 aliphatic carbocycles. The van der Waals surface area contributed by atoms with Crippen LogP contribution in [0.5, 0.6) is 5.19 Å². The SMILES string of the molecule is CC(C)S(=O)(=O)c1ccc(CC(=O)N2CCC(Oc3nc4ccc(F)cc4s3)CC2)cc1. The maximum Gasteiger partial charge on any atom is 0.274 e. The van der Waals surface area contributed by atoms with Crippen molar-refractivity contribution < 1.29 is 22.3 Å². The number of sulfone groups is 1. The van der Waals surface area contributed by atoms with Crippen LogP contribution in [-0.4, -0.2) is 48.7 Å². The van der Waals surface area contributed by atoms with Crippen molar-refractivity contribution in [1.82, 2.24) is 9.88 Å². The van der Waals surface area contributed by atoms with Gasteiger partial charge in [-0.25, -0.2) is 17.8 Å². The molecule has 4 rings (SSSR count). The standard InChI is InChI=1S/C23H25FN2O4S2/c1-15(2)32(28,29)19-6-3-16(4-7-19)13-22(27)26-11-9-18(10-12-26)30-23-25-20-8-5-17(24)14-21(20)31-23/h3-8,14-15,18H,9-13H2,1-2H3. The van der Waals surface area contributed by atoms with Gasteiger partial charge in [-0.2, -0.15) is 0 Å². The molecule has 32 heavy (non-hydrogen) atoms. The lowest BCUT2D eigenvalue weighted by atomic mass is 10.1. The second-order valence-corrected chi connectivity index (χ2v) is 11.7. The van der Waals surface area contributed by atoms with Crippen molar-refractivity contribution in [3.63, 3.8) is 0 Å². The Bertz CT molecular complexity index is 1210. The number of benzene rings is 2. The molecule has 1 aromatic heterocycles. The average Bonchev–Trinajstić information content (AvgIpc) is 3.15. The predicted molar refractivity (Wildman–Crippen MR) is 122 cm³/mol. The van der Waals surface area contributed by atoms with Crippen molar-refractivity contribution in [2.75, 3.05) is 13.1 Å². The summed E-state index contributed by atoms with van der Waals surface area (Å²) in [7, 11) is -3.32. The molecule has 2 aromatic carbocycles. The van der Waals surface area contributed by atoms with Crippen LogP contribution in [0.1, 0.15) is 32.3 Å². The monoisotopic (exact) mass is 476 g/mol. The van der Waals surface area contributed by atoms with Crippen LogP contribution in [0.2, 0.25) is 0 Å². The summed E-state index contributed by atoms with van der Waals surface area (Å²) in [6.07, 6.45) is 1.59. The number of likely N-dealkylation sites (tertiary alicyclic amines) is 1. The molecule has 1 fully saturated rings. The number of carbonyl (C=O) groups excluding carboxylic acids is 1. The summed E-state index contributed by atoms with van der Waals surface area (Å²) < 4.78 is 44.6. The van der Waals surface area contributed by atoms with Gasteiger partial charge in [0, 0.05) is 25.9 Å². The Morgan fingerprint density at radius 2 is 1.88 bits per heavy atom. The lowest BCUT2D eigenvalue weighted by Gasteiger charge is -2.31. The van der Waals surface area contributed by atoms with Gasteiger partial charge in [0.25, 0.3) is 5.19 Å². The van der Waals surface area contributed by atoms with Crippen LogP contribution in [0.25, 0.3) is 10.2 Å². The molecule has 0 spiro atoms. The molecule has 6 nitrogen and oxygen atoms in total. The van der Waals surface area contributed by atoms with Gasteiger partial charge in [-0.1, -0.05) is 23.5 Å². The number of piperidine rings is 1. The zero-order valence-corrected chi connectivity index (χ0v) is 19.6. The van der Waals surface area contributed by atoms with E-state index in [0.29, 0.717) is 36.6 Å². The molecule has 0 atom stereocenters. The second-order valence-electron chi connectivity index (χ2n) is 8.20. The van der Waals surface area contributed by atoms with Crippen LogP contribution in [0.15, 0.2) is 47.4 Å². The first-order valence-electron chi connectivity index (χ1n) is 10.6. The summed E-state index contributed by atoms with van der Waals surface area (Å²) in [5, 5.41) is 0.0363. The third-order valence-electron chi connectivity index (χ3n) is 5.62. The van der Waals surface area contributed by atoms with Gasteiger partial charge in [-0.05, 0) is 49.7 Å². The van der Waals surface area contributed by atoms with Gasteiger partial charge >= 0.3 is 0 Å². The molecule has 170 valence electrons. The summed E-state index contributed by atoms with van der Waals surface area (Å²) in [5.74, 6) is -0.283. The van der Waals surface area contributed by atoms with Gasteiger partial charge in [0.1, 0.15) is 11.9 Å². The molecule has 1 amide bonds. The number of nitrogens with zero attached hydrogens (tertiary/aromatic N) is 2. The van der Waals surface area contributed by atoms with Crippen LogP contribution >= 0.6 is 11.3 Å². The van der Waals surface area contributed by atoms with Gasteiger partial charge in [0.2, 0.25) is 5.91 Å². The number of hydrogen-bond donors (Lipinski definition) is 0. The molecular weight excluding hydrogens is 451 g/mol. The van der Waals surface area contributed by atoms with E-state index >= 15 is 0 Å². The number of rotatable bonds is 6. The normalized spacial score (nSPS) is 15.4. The van der Waals surface area contributed by atoms with Gasteiger partial charge in [0.15, 0.2) is 9.84 Å². The summed E-state index contributed by atoms with van der Waals surface area (Å²) >= 11 is 1.32. The Balaban J connectivity index is 1.30. The van der Waals surface area contributed by atoms with E-state index in [-0.39, 0.29) is 29.1 Å². The lowest BCUT2D eigenvalue weighted by molar-refractivity contribution is -0.132. The van der Waals surface area contributed by atoms with E-state index in [4.69, 9.17) is 4.74 Å². The second kappa shape index (κ2) is 9.15. The maximum absolute atomic E-state index is 13.4. The zero-order valence-electron chi connectivity index (χ0n) is 18.0. The van der Waals surface area contributed by atoms with Crippen LogP contribution in [0, 0.1) is 5.82 Å². The fourth-order valence-electron chi connectivity index (χ4n) is 3.65. The number of thiazole rings is 1. The van der Waals surface area contributed by atoms with Crippen molar-refractivity contribution in [1.29, 1.82) is 0 Å². The number of carbonyl (C=O) groups is 1. The fraction of sp³-hybridized carbons (Fsp3) is 0.391. The molecular formula is C23H25FN2O4S2. The van der Waals surface area contributed by atoms with E-state index in [2.05, 4.69) is 4.98 Å². The number of aromatic nitrogens is 1. The fourth-order valence-corrected chi connectivity index (χ4v) is 5.61. The lowest BCUT2D eigenvalue weighted by Crippen LogP contribution is -2.42. The molecule has 0 bridgehead atoms. The van der Waals surface area contributed by atoms with Gasteiger partial charge < -0.3 is 9.64 Å². The van der Waals surface area contributed by atoms with Gasteiger partial charge in [-0.15, -0.1) is 0 Å². The third-order valence-corrected chi connectivity index (χ3v) is 8.70. The summed E-state index contributed by atoms with van der Waals surface area (Å²) in [5.41, 5.74) is 1.50. The number of fused-ring (bicyclic) bond motifs is 1. The molecule has 1 saturated heterocycles. The van der Waals surface area contributed by atoms with Crippen LogP contribution < -0.4 is 4.74 Å². The van der Waals surface area contributed by atoms with Crippen molar-refractivity contribution in [3.8, 4) is 5.19 Å². The van der Waals surface area contributed by atoms with E-state index in [1.54, 1.807) is 44.2 Å². The molecule has 2 heterocycles. The highest BCUT2D eigenvalue weighted by Gasteiger charge is 2.25. The zero-order chi connectivity index (χ0) is 22.9. The van der Waals surface area contributed by atoms with Crippen molar-refractivity contribution >= 4 is 37.3 Å². The highest BCUT2D eigenvalue weighted by atomic mass is 32.2. The Morgan fingerprint density at radius 3 is 2.53 bits per heavy atom. The summed E-state index contributed by atoms with van der Waals surface area (Å²) in [6.45, 7) is 4.47. The van der Waals surface area contributed by atoms with Crippen LogP contribution in [0.4, 0.5) is 4.39 Å². The minimum atomic E-state index is -3.32. The Hall–Kier alpha value is -2.52. The molecule has 0 saturated carbocycles. The molecule has 3 aromatic rings. The van der Waals surface area contributed by atoms with Gasteiger partial charge in [-0.3, -0.25) is 4.79 Å². The first-order valence-corrected chi connectivity index (χ1v) is 12.9. The van der Waals surface area contributed by atoms with Crippen molar-refractivity contribution in [3.05, 3.63) is 53.8 Å². The van der Waals surface area contributed by atoms with Crippen LogP contribution in [0.3, 0.4) is 0 Å². The number of halogens is 1. The quantitative estimate of drug-likeness (QED) is 0.532. The molecule has 0 radical (unpaired) electrons. The first-order chi connectivity index (χ1) is 15.2. The predicted octanol–water partition coefficient (Wildman–Crippen LogP) is 4.23. The molecule has 1 aliphatic heterocycles. The number of hydrogen-bond acceptors (Lipinski definition) is 6. The summed E-state index contributed by atoms with van der Waals surface area (Å²) in [6, 6.07) is 11.0. The highest BCUT2D eigenvalue weighted by molar-refractivity contribution is 7.92. The minimum Gasteiger partial charge on any atom is -0.467 e. The molecule has 9 heteroatoms. The van der Waals surface area contributed by atoms with E-state index in [1.807, 2.05) is 4.90 Å². The number of amides is 1. The van der Waals surface area contributed by atoms with E-state index in [0.717, 1.165) is 10.3 Å². The maximum atomic E-state index is 13.4. The molecule has 0 unspecified atom stereocenters. The number of ether oxygens (including phenoxy) is 1. The molecule has 1 aliphatic rings. The highest BCUT2D eigenvalue weighted by Crippen LogP contribution is 2.30. The third kappa shape index (κ3) is 4.94. The van der Waals surface area contributed by atoms with Crippen molar-refractivity contribution in [2.24, 2.45) is 0 Å². The van der Waals surface area contributed by atoms with Crippen LogP contribution in [-0.2, 0) is 21.1 Å². The average molecular weight is 477 g/mol. The largest absolute Gasteiger partial charge is 0.467 e. The van der Waals surface area contributed by atoms with Gasteiger partial charge in [0.05, 0.1) is 26.8 Å². The first kappa shape index (κ1) is 22.7. The Labute approximate surface area is 190 Å². The van der Waals surface area contributed by atoms with E-state index < -0.39 is 15.1 Å².